The Balaban J connectivity index is 1.99. The van der Waals surface area contributed by atoms with Crippen LogP contribution in [0, 0.1) is 24.0 Å². The summed E-state index contributed by atoms with van der Waals surface area (Å²) in [7, 11) is 0. The highest BCUT2D eigenvalue weighted by Crippen LogP contribution is 2.34. The molecule has 0 aliphatic carbocycles. The van der Waals surface area contributed by atoms with Crippen LogP contribution >= 0.6 is 11.6 Å². The zero-order valence-corrected chi connectivity index (χ0v) is 14.9. The molecule has 2 N–H and O–H groups in total. The van der Waals surface area contributed by atoms with Gasteiger partial charge in [0, 0.05) is 16.4 Å². The molecule has 0 aliphatic rings. The Morgan fingerprint density at radius 3 is 2.31 bits per heavy atom. The van der Waals surface area contributed by atoms with E-state index in [0.29, 0.717) is 16.4 Å². The normalized spacial score (nSPS) is 10.4. The second-order valence-corrected chi connectivity index (χ2v) is 6.19. The number of benzene rings is 2. The average Bonchev–Trinajstić information content (AvgIpc) is 2.60. The molecule has 0 aliphatic heterocycles. The van der Waals surface area contributed by atoms with Crippen molar-refractivity contribution in [2.75, 3.05) is 10.6 Å². The van der Waals surface area contributed by atoms with Crippen LogP contribution in [-0.2, 0) is 0 Å². The molecule has 1 heterocycles. The summed E-state index contributed by atoms with van der Waals surface area (Å²) in [6.07, 6.45) is 1.27. The predicted molar refractivity (Wildman–Crippen MR) is 103 cm³/mol. The Morgan fingerprint density at radius 1 is 1.00 bits per heavy atom. The van der Waals surface area contributed by atoms with E-state index < -0.39 is 4.92 Å². The number of rotatable bonds is 5. The van der Waals surface area contributed by atoms with Crippen LogP contribution in [0.25, 0.3) is 0 Å². The summed E-state index contributed by atoms with van der Waals surface area (Å²) in [6.45, 7) is 3.84. The van der Waals surface area contributed by atoms with Gasteiger partial charge in [-0.25, -0.2) is 9.97 Å². The van der Waals surface area contributed by atoms with E-state index in [4.69, 9.17) is 11.6 Å². The smallest absolute Gasteiger partial charge is 0.334 e. The fraction of sp³-hybridized carbons (Fsp3) is 0.111. The van der Waals surface area contributed by atoms with Crippen LogP contribution in [0.1, 0.15) is 11.1 Å². The molecule has 1 aromatic heterocycles. The zero-order chi connectivity index (χ0) is 18.7. The minimum atomic E-state index is -0.515. The molecular formula is C18H16ClN5O2. The lowest BCUT2D eigenvalue weighted by Crippen LogP contribution is -2.06. The van der Waals surface area contributed by atoms with Gasteiger partial charge in [0.25, 0.3) is 0 Å². The van der Waals surface area contributed by atoms with Gasteiger partial charge in [-0.2, -0.15) is 0 Å². The van der Waals surface area contributed by atoms with E-state index in [1.807, 2.05) is 44.2 Å². The summed E-state index contributed by atoms with van der Waals surface area (Å²) >= 11 is 6.02. The minimum Gasteiger partial charge on any atom is -0.334 e. The van der Waals surface area contributed by atoms with Crippen molar-refractivity contribution in [3.63, 3.8) is 0 Å². The number of anilines is 4. The van der Waals surface area contributed by atoms with E-state index in [2.05, 4.69) is 20.6 Å². The van der Waals surface area contributed by atoms with Gasteiger partial charge in [0.15, 0.2) is 0 Å². The minimum absolute atomic E-state index is 0.0879. The molecule has 8 heteroatoms. The molecule has 0 spiro atoms. The van der Waals surface area contributed by atoms with Crippen LogP contribution < -0.4 is 10.6 Å². The van der Waals surface area contributed by atoms with Crippen LogP contribution in [0.2, 0.25) is 5.02 Å². The second-order valence-electron chi connectivity index (χ2n) is 5.75. The molecule has 7 nitrogen and oxygen atoms in total. The maximum absolute atomic E-state index is 11.6. The number of nitro groups is 1. The van der Waals surface area contributed by atoms with E-state index in [0.717, 1.165) is 11.1 Å². The molecule has 0 saturated heterocycles. The monoisotopic (exact) mass is 369 g/mol. The first kappa shape index (κ1) is 17.6. The highest BCUT2D eigenvalue weighted by molar-refractivity contribution is 6.30. The quantitative estimate of drug-likeness (QED) is 0.477. The summed E-state index contributed by atoms with van der Waals surface area (Å²) in [5.41, 5.74) is 3.07. The lowest BCUT2D eigenvalue weighted by Gasteiger charge is -2.12. The van der Waals surface area contributed by atoms with Gasteiger partial charge in [0.05, 0.1) is 4.92 Å². The maximum Gasteiger partial charge on any atom is 0.353 e. The molecule has 0 atom stereocenters. The highest BCUT2D eigenvalue weighted by Gasteiger charge is 2.23. The Labute approximate surface area is 155 Å². The van der Waals surface area contributed by atoms with Crippen LogP contribution in [0.15, 0.2) is 48.8 Å². The first-order chi connectivity index (χ1) is 12.4. The molecule has 3 aromatic rings. The van der Waals surface area contributed by atoms with Gasteiger partial charge in [-0.1, -0.05) is 35.4 Å². The molecule has 0 amide bonds. The van der Waals surface area contributed by atoms with E-state index >= 15 is 0 Å². The van der Waals surface area contributed by atoms with Gasteiger partial charge in [0.1, 0.15) is 6.33 Å². The van der Waals surface area contributed by atoms with Crippen molar-refractivity contribution in [3.8, 4) is 0 Å². The Hall–Kier alpha value is -3.19. The number of nitrogens with one attached hydrogen (secondary N) is 2. The largest absolute Gasteiger partial charge is 0.353 e. The van der Waals surface area contributed by atoms with Crippen molar-refractivity contribution in [1.29, 1.82) is 0 Å². The maximum atomic E-state index is 11.6. The number of hydrogen-bond donors (Lipinski definition) is 2. The average molecular weight is 370 g/mol. The molecule has 0 saturated carbocycles. The third-order valence-corrected chi connectivity index (χ3v) is 4.01. The standard InChI is InChI=1S/C18H16ClN5O2/c1-11-3-7-14(8-4-11)22-17-16(24(25)26)18(21-10-20-17)23-15-9-13(19)6-5-12(15)2/h3-10H,1-2H3,(H2,20,21,22,23). The fourth-order valence-electron chi connectivity index (χ4n) is 2.36. The summed E-state index contributed by atoms with van der Waals surface area (Å²) in [6, 6.07) is 12.7. The van der Waals surface area contributed by atoms with E-state index in [-0.39, 0.29) is 17.3 Å². The van der Waals surface area contributed by atoms with Gasteiger partial charge in [0.2, 0.25) is 11.6 Å². The molecule has 0 unspecified atom stereocenters. The predicted octanol–water partition coefficient (Wildman–Crippen LogP) is 5.14. The summed E-state index contributed by atoms with van der Waals surface area (Å²) in [4.78, 5) is 19.2. The van der Waals surface area contributed by atoms with Gasteiger partial charge < -0.3 is 10.6 Å². The van der Waals surface area contributed by atoms with Crippen molar-refractivity contribution in [2.45, 2.75) is 13.8 Å². The van der Waals surface area contributed by atoms with Gasteiger partial charge in [-0.3, -0.25) is 10.1 Å². The number of halogens is 1. The Kier molecular flexibility index (Phi) is 4.99. The van der Waals surface area contributed by atoms with E-state index in [1.165, 1.54) is 6.33 Å². The molecule has 3 rings (SSSR count). The molecule has 2 aromatic carbocycles. The van der Waals surface area contributed by atoms with Gasteiger partial charge in [-0.15, -0.1) is 0 Å². The van der Waals surface area contributed by atoms with Crippen molar-refractivity contribution < 1.29 is 4.92 Å². The van der Waals surface area contributed by atoms with Crippen LogP contribution in [-0.4, -0.2) is 14.9 Å². The molecule has 0 radical (unpaired) electrons. The number of hydrogen-bond acceptors (Lipinski definition) is 6. The van der Waals surface area contributed by atoms with Crippen LogP contribution in [0.3, 0.4) is 0 Å². The molecule has 26 heavy (non-hydrogen) atoms. The number of aryl methyl sites for hydroxylation is 2. The molecule has 0 bridgehead atoms. The van der Waals surface area contributed by atoms with Crippen molar-refractivity contribution in [3.05, 3.63) is 75.1 Å². The second kappa shape index (κ2) is 7.37. The first-order valence-corrected chi connectivity index (χ1v) is 8.18. The van der Waals surface area contributed by atoms with Crippen LogP contribution in [0.4, 0.5) is 28.7 Å². The fourth-order valence-corrected chi connectivity index (χ4v) is 2.54. The summed E-state index contributed by atoms with van der Waals surface area (Å²) in [5.74, 6) is 0.195. The van der Waals surface area contributed by atoms with E-state index in [1.54, 1.807) is 12.1 Å². The highest BCUT2D eigenvalue weighted by atomic mass is 35.5. The first-order valence-electron chi connectivity index (χ1n) is 7.80. The Morgan fingerprint density at radius 2 is 1.65 bits per heavy atom. The van der Waals surface area contributed by atoms with Gasteiger partial charge >= 0.3 is 5.69 Å². The molecule has 0 fully saturated rings. The summed E-state index contributed by atoms with van der Waals surface area (Å²) < 4.78 is 0. The van der Waals surface area contributed by atoms with Crippen molar-refractivity contribution >= 4 is 40.3 Å². The lowest BCUT2D eigenvalue weighted by atomic mass is 10.2. The zero-order valence-electron chi connectivity index (χ0n) is 14.2. The SMILES string of the molecule is Cc1ccc(Nc2ncnc(Nc3cc(Cl)ccc3C)c2[N+](=O)[O-])cc1. The third kappa shape index (κ3) is 3.89. The number of nitrogens with zero attached hydrogens (tertiary/aromatic N) is 3. The number of aromatic nitrogens is 2. The van der Waals surface area contributed by atoms with Gasteiger partial charge in [-0.05, 0) is 43.7 Å². The molecule has 132 valence electrons. The third-order valence-electron chi connectivity index (χ3n) is 3.77. The summed E-state index contributed by atoms with van der Waals surface area (Å²) in [5, 5.41) is 18.1. The van der Waals surface area contributed by atoms with Crippen molar-refractivity contribution in [2.24, 2.45) is 0 Å². The lowest BCUT2D eigenvalue weighted by molar-refractivity contribution is -0.383. The van der Waals surface area contributed by atoms with E-state index in [9.17, 15) is 10.1 Å². The van der Waals surface area contributed by atoms with Crippen molar-refractivity contribution in [1.82, 2.24) is 9.97 Å². The van der Waals surface area contributed by atoms with Crippen LogP contribution in [0.5, 0.6) is 0 Å². The Bertz CT molecular complexity index is 960. The topological polar surface area (TPSA) is 93.0 Å². The molecular weight excluding hydrogens is 354 g/mol.